The summed E-state index contributed by atoms with van der Waals surface area (Å²) in [6.45, 7) is 0.563. The molecule has 1 aliphatic carbocycles. The Morgan fingerprint density at radius 2 is 2.32 bits per heavy atom. The highest BCUT2D eigenvalue weighted by Crippen LogP contribution is 2.29. The summed E-state index contributed by atoms with van der Waals surface area (Å²) in [6.07, 6.45) is 3.03. The van der Waals surface area contributed by atoms with Crippen molar-refractivity contribution < 1.29 is 9.72 Å². The van der Waals surface area contributed by atoms with Crippen LogP contribution in [0.2, 0.25) is 0 Å². The van der Waals surface area contributed by atoms with Gasteiger partial charge in [0.2, 0.25) is 0 Å². The minimum Gasteiger partial charge on any atom is -0.358 e. The van der Waals surface area contributed by atoms with Crippen molar-refractivity contribution in [2.24, 2.45) is 11.7 Å². The van der Waals surface area contributed by atoms with Gasteiger partial charge in [0.25, 0.3) is 5.91 Å². The SMILES string of the molecule is CN(C(=O)c1ccc([N+](=O)[O-])[nH]1)C1CCCC1CN. The number of nitrogens with zero attached hydrogens (tertiary/aromatic N) is 2. The lowest BCUT2D eigenvalue weighted by Crippen LogP contribution is -2.41. The van der Waals surface area contributed by atoms with Gasteiger partial charge in [-0.15, -0.1) is 0 Å². The van der Waals surface area contributed by atoms with E-state index in [2.05, 4.69) is 4.98 Å². The first-order valence-electron chi connectivity index (χ1n) is 6.35. The van der Waals surface area contributed by atoms with Gasteiger partial charge < -0.3 is 20.7 Å². The molecule has 1 saturated carbocycles. The normalized spacial score (nSPS) is 22.4. The summed E-state index contributed by atoms with van der Waals surface area (Å²) in [5, 5.41) is 10.6. The summed E-state index contributed by atoms with van der Waals surface area (Å²) in [7, 11) is 1.73. The van der Waals surface area contributed by atoms with Crippen LogP contribution in [-0.2, 0) is 0 Å². The van der Waals surface area contributed by atoms with Crippen molar-refractivity contribution in [1.82, 2.24) is 9.88 Å². The second-order valence-electron chi connectivity index (χ2n) is 4.92. The molecule has 0 bridgehead atoms. The summed E-state index contributed by atoms with van der Waals surface area (Å²) in [6, 6.07) is 2.87. The fourth-order valence-electron chi connectivity index (χ4n) is 2.76. The summed E-state index contributed by atoms with van der Waals surface area (Å²) in [5.74, 6) is -0.0732. The van der Waals surface area contributed by atoms with E-state index in [1.54, 1.807) is 11.9 Å². The lowest BCUT2D eigenvalue weighted by Gasteiger charge is -2.28. The summed E-state index contributed by atoms with van der Waals surface area (Å²) < 4.78 is 0. The Kier molecular flexibility index (Phi) is 3.84. The number of H-pyrrole nitrogens is 1. The van der Waals surface area contributed by atoms with Crippen molar-refractivity contribution in [1.29, 1.82) is 0 Å². The molecule has 7 nitrogen and oxygen atoms in total. The number of aromatic amines is 1. The first kappa shape index (κ1) is 13.5. The minimum absolute atomic E-state index is 0.125. The van der Waals surface area contributed by atoms with E-state index in [0.29, 0.717) is 12.5 Å². The molecule has 1 aromatic heterocycles. The minimum atomic E-state index is -0.547. The first-order valence-corrected chi connectivity index (χ1v) is 6.35. The van der Waals surface area contributed by atoms with Crippen LogP contribution in [-0.4, -0.2) is 40.3 Å². The second-order valence-corrected chi connectivity index (χ2v) is 4.92. The van der Waals surface area contributed by atoms with Crippen LogP contribution in [0.25, 0.3) is 0 Å². The molecule has 0 spiro atoms. The van der Waals surface area contributed by atoms with E-state index in [1.165, 1.54) is 12.1 Å². The average Bonchev–Trinajstić information content (AvgIpc) is 3.05. The quantitative estimate of drug-likeness (QED) is 0.629. The highest BCUT2D eigenvalue weighted by atomic mass is 16.6. The molecular weight excluding hydrogens is 248 g/mol. The first-order chi connectivity index (χ1) is 9.04. The van der Waals surface area contributed by atoms with E-state index < -0.39 is 4.92 Å². The predicted octanol–water partition coefficient (Wildman–Crippen LogP) is 1.12. The topological polar surface area (TPSA) is 105 Å². The molecular formula is C12H18N4O3. The van der Waals surface area contributed by atoms with Crippen molar-refractivity contribution in [2.45, 2.75) is 25.3 Å². The van der Waals surface area contributed by atoms with Gasteiger partial charge in [0.05, 0.1) is 0 Å². The number of hydrogen-bond acceptors (Lipinski definition) is 4. The Labute approximate surface area is 110 Å². The van der Waals surface area contributed by atoms with Gasteiger partial charge in [0.15, 0.2) is 5.69 Å². The molecule has 1 aromatic rings. The molecule has 1 aliphatic rings. The van der Waals surface area contributed by atoms with Crippen LogP contribution >= 0.6 is 0 Å². The highest BCUT2D eigenvalue weighted by Gasteiger charge is 2.33. The number of amides is 1. The van der Waals surface area contributed by atoms with Crippen molar-refractivity contribution in [3.05, 3.63) is 27.9 Å². The van der Waals surface area contributed by atoms with Gasteiger partial charge in [-0.2, -0.15) is 0 Å². The molecule has 19 heavy (non-hydrogen) atoms. The van der Waals surface area contributed by atoms with Crippen LogP contribution in [0.15, 0.2) is 12.1 Å². The summed E-state index contributed by atoms with van der Waals surface area (Å²) >= 11 is 0. The van der Waals surface area contributed by atoms with Crippen LogP contribution in [0.1, 0.15) is 29.8 Å². The number of nitrogens with one attached hydrogen (secondary N) is 1. The van der Waals surface area contributed by atoms with Crippen LogP contribution in [0, 0.1) is 16.0 Å². The fourth-order valence-corrected chi connectivity index (χ4v) is 2.76. The van der Waals surface area contributed by atoms with Crippen molar-refractivity contribution >= 4 is 11.7 Å². The zero-order valence-corrected chi connectivity index (χ0v) is 10.8. The van der Waals surface area contributed by atoms with E-state index >= 15 is 0 Å². The number of carbonyl (C=O) groups is 1. The zero-order valence-electron chi connectivity index (χ0n) is 10.8. The van der Waals surface area contributed by atoms with Gasteiger partial charge in [-0.05, 0) is 36.3 Å². The molecule has 2 rings (SSSR count). The Bertz CT molecular complexity index is 485. The summed E-state index contributed by atoms with van der Waals surface area (Å²) in [4.78, 5) is 26.5. The summed E-state index contributed by atoms with van der Waals surface area (Å²) in [5.41, 5.74) is 5.96. The van der Waals surface area contributed by atoms with Gasteiger partial charge in [-0.3, -0.25) is 4.79 Å². The fraction of sp³-hybridized carbons (Fsp3) is 0.583. The molecule has 0 radical (unpaired) electrons. The Balaban J connectivity index is 2.11. The van der Waals surface area contributed by atoms with Crippen LogP contribution < -0.4 is 5.73 Å². The largest absolute Gasteiger partial charge is 0.358 e. The van der Waals surface area contributed by atoms with Crippen molar-refractivity contribution in [2.75, 3.05) is 13.6 Å². The molecule has 1 heterocycles. The molecule has 1 fully saturated rings. The molecule has 2 atom stereocenters. The maximum Gasteiger partial charge on any atom is 0.321 e. The Hall–Kier alpha value is -1.89. The number of aromatic nitrogens is 1. The Morgan fingerprint density at radius 3 is 2.89 bits per heavy atom. The third-order valence-electron chi connectivity index (χ3n) is 3.84. The third-order valence-corrected chi connectivity index (χ3v) is 3.84. The lowest BCUT2D eigenvalue weighted by atomic mass is 10.0. The van der Waals surface area contributed by atoms with E-state index in [9.17, 15) is 14.9 Å². The smallest absolute Gasteiger partial charge is 0.321 e. The standard InChI is InChI=1S/C12H18N4O3/c1-15(10-4-2-3-8(10)7-13)12(17)9-5-6-11(14-9)16(18)19/h5-6,8,10,14H,2-4,7,13H2,1H3. The second kappa shape index (κ2) is 5.40. The predicted molar refractivity (Wildman–Crippen MR) is 69.7 cm³/mol. The van der Waals surface area contributed by atoms with Crippen LogP contribution in [0.3, 0.4) is 0 Å². The van der Waals surface area contributed by atoms with E-state index in [4.69, 9.17) is 5.73 Å². The van der Waals surface area contributed by atoms with Crippen molar-refractivity contribution in [3.63, 3.8) is 0 Å². The zero-order chi connectivity index (χ0) is 14.0. The molecule has 0 saturated heterocycles. The van der Waals surface area contributed by atoms with Gasteiger partial charge >= 0.3 is 5.82 Å². The molecule has 1 amide bonds. The van der Waals surface area contributed by atoms with Gasteiger partial charge in [-0.1, -0.05) is 6.42 Å². The van der Waals surface area contributed by atoms with Gasteiger partial charge in [0, 0.05) is 19.2 Å². The lowest BCUT2D eigenvalue weighted by molar-refractivity contribution is -0.389. The highest BCUT2D eigenvalue weighted by molar-refractivity contribution is 5.93. The molecule has 0 aromatic carbocycles. The van der Waals surface area contributed by atoms with E-state index in [-0.39, 0.29) is 23.5 Å². The van der Waals surface area contributed by atoms with Gasteiger partial charge in [0.1, 0.15) is 0 Å². The maximum absolute atomic E-state index is 12.3. The average molecular weight is 266 g/mol. The number of nitro groups is 1. The third kappa shape index (κ3) is 2.60. The number of nitrogens with two attached hydrogens (primary N) is 1. The van der Waals surface area contributed by atoms with E-state index in [1.807, 2.05) is 0 Å². The number of hydrogen-bond donors (Lipinski definition) is 2. The molecule has 7 heteroatoms. The molecule has 0 aliphatic heterocycles. The monoisotopic (exact) mass is 266 g/mol. The Morgan fingerprint density at radius 1 is 1.58 bits per heavy atom. The van der Waals surface area contributed by atoms with Crippen LogP contribution in [0.5, 0.6) is 0 Å². The van der Waals surface area contributed by atoms with Crippen LogP contribution in [0.4, 0.5) is 5.82 Å². The van der Waals surface area contributed by atoms with E-state index in [0.717, 1.165) is 19.3 Å². The molecule has 3 N–H and O–H groups in total. The number of carbonyl (C=O) groups excluding carboxylic acids is 1. The maximum atomic E-state index is 12.3. The molecule has 104 valence electrons. The van der Waals surface area contributed by atoms with Gasteiger partial charge in [-0.25, -0.2) is 4.98 Å². The number of rotatable bonds is 4. The molecule has 2 unspecified atom stereocenters. The van der Waals surface area contributed by atoms with Crippen molar-refractivity contribution in [3.8, 4) is 0 Å².